The second-order valence-corrected chi connectivity index (χ2v) is 6.35. The van der Waals surface area contributed by atoms with Crippen LogP contribution in [0.4, 0.5) is 5.69 Å². The van der Waals surface area contributed by atoms with E-state index in [2.05, 4.69) is 21.6 Å². The highest BCUT2D eigenvalue weighted by atomic mass is 32.1. The van der Waals surface area contributed by atoms with Crippen molar-refractivity contribution in [1.82, 2.24) is 10.2 Å². The number of nitrogens with one attached hydrogen (secondary N) is 2. The number of hydrogen-bond acceptors (Lipinski definition) is 4. The van der Waals surface area contributed by atoms with Gasteiger partial charge in [-0.15, -0.1) is 11.3 Å². The zero-order valence-electron chi connectivity index (χ0n) is 12.2. The summed E-state index contributed by atoms with van der Waals surface area (Å²) in [6.07, 6.45) is 1.64. The highest BCUT2D eigenvalue weighted by Crippen LogP contribution is 2.38. The number of nitrogens with zero attached hydrogens (tertiary/aromatic N) is 1. The van der Waals surface area contributed by atoms with Crippen LogP contribution in [-0.4, -0.2) is 27.2 Å². The van der Waals surface area contributed by atoms with E-state index in [1.54, 1.807) is 29.7 Å². The predicted octanol–water partition coefficient (Wildman–Crippen LogP) is 3.47. The molecule has 2 heterocycles. The van der Waals surface area contributed by atoms with Crippen molar-refractivity contribution in [3.05, 3.63) is 48.7 Å². The van der Waals surface area contributed by atoms with Crippen LogP contribution in [0.25, 0.3) is 31.4 Å². The van der Waals surface area contributed by atoms with E-state index in [0.29, 0.717) is 5.69 Å². The summed E-state index contributed by atoms with van der Waals surface area (Å²) in [5, 5.41) is 20.1. The summed E-state index contributed by atoms with van der Waals surface area (Å²) in [5.41, 5.74) is 2.13. The molecule has 7 heteroatoms. The topological polar surface area (TPSA) is 95.1 Å². The minimum absolute atomic E-state index is 0.420. The minimum Gasteiger partial charge on any atom is -0.474 e. The second-order valence-electron chi connectivity index (χ2n) is 5.27. The van der Waals surface area contributed by atoms with Crippen molar-refractivity contribution in [3.63, 3.8) is 0 Å². The quantitative estimate of drug-likeness (QED) is 0.488. The molecule has 1 amide bonds. The maximum atomic E-state index is 11.4. The first kappa shape index (κ1) is 14.4. The third kappa shape index (κ3) is 2.40. The van der Waals surface area contributed by atoms with Crippen LogP contribution >= 0.6 is 11.3 Å². The molecule has 0 unspecified atom stereocenters. The number of H-pyrrole nitrogens is 1. The van der Waals surface area contributed by atoms with Crippen molar-refractivity contribution < 1.29 is 14.7 Å². The molecular formula is C17H11N3O3S. The largest absolute Gasteiger partial charge is 0.474 e. The van der Waals surface area contributed by atoms with E-state index in [1.165, 1.54) is 0 Å². The highest BCUT2D eigenvalue weighted by Gasteiger charge is 2.15. The standard InChI is InChI=1S/C17H11N3O3S/c21-16(17(22)23)19-11-5-10-8-18-20-15(10)12(7-11)14-6-9-3-1-2-4-13(9)24-14/h1-8H,(H,18,20)(H,19,21)(H,22,23). The molecule has 24 heavy (non-hydrogen) atoms. The molecule has 3 N–H and O–H groups in total. The zero-order valence-corrected chi connectivity index (χ0v) is 13.1. The summed E-state index contributed by atoms with van der Waals surface area (Å²) < 4.78 is 1.15. The molecule has 6 nitrogen and oxygen atoms in total. The Morgan fingerprint density at radius 2 is 1.96 bits per heavy atom. The number of carboxylic acid groups (broad SMARTS) is 1. The lowest BCUT2D eigenvalue weighted by Gasteiger charge is -2.06. The molecular weight excluding hydrogens is 326 g/mol. The lowest BCUT2D eigenvalue weighted by molar-refractivity contribution is -0.147. The average molecular weight is 337 g/mol. The second kappa shape index (κ2) is 5.47. The Hall–Kier alpha value is -3.19. The number of aromatic nitrogens is 2. The van der Waals surface area contributed by atoms with E-state index in [0.717, 1.165) is 31.4 Å². The summed E-state index contributed by atoms with van der Waals surface area (Å²) in [6, 6.07) is 13.6. The van der Waals surface area contributed by atoms with Gasteiger partial charge in [0.25, 0.3) is 0 Å². The van der Waals surface area contributed by atoms with E-state index in [1.807, 2.05) is 24.3 Å². The summed E-state index contributed by atoms with van der Waals surface area (Å²) in [4.78, 5) is 23.2. The van der Waals surface area contributed by atoms with Crippen LogP contribution in [0.3, 0.4) is 0 Å². The molecule has 0 saturated carbocycles. The Balaban J connectivity index is 1.88. The lowest BCUT2D eigenvalue weighted by atomic mass is 10.1. The zero-order chi connectivity index (χ0) is 16.7. The smallest absolute Gasteiger partial charge is 0.394 e. The Kier molecular flexibility index (Phi) is 3.28. The van der Waals surface area contributed by atoms with Crippen molar-refractivity contribution in [1.29, 1.82) is 0 Å². The van der Waals surface area contributed by atoms with Gasteiger partial charge in [0.15, 0.2) is 0 Å². The van der Waals surface area contributed by atoms with Crippen LogP contribution in [0.1, 0.15) is 0 Å². The summed E-state index contributed by atoms with van der Waals surface area (Å²) in [6.45, 7) is 0. The molecule has 4 rings (SSSR count). The van der Waals surface area contributed by atoms with E-state index < -0.39 is 11.9 Å². The number of carbonyl (C=O) groups is 2. The first-order valence-electron chi connectivity index (χ1n) is 7.12. The number of benzene rings is 2. The number of fused-ring (bicyclic) bond motifs is 2. The molecule has 0 aliphatic rings. The van der Waals surface area contributed by atoms with Crippen LogP contribution in [0.15, 0.2) is 48.7 Å². The fourth-order valence-corrected chi connectivity index (χ4v) is 3.71. The van der Waals surface area contributed by atoms with Gasteiger partial charge in [-0.3, -0.25) is 9.89 Å². The fourth-order valence-electron chi connectivity index (χ4n) is 2.62. The predicted molar refractivity (Wildman–Crippen MR) is 93.2 cm³/mol. The summed E-state index contributed by atoms with van der Waals surface area (Å²) in [5.74, 6) is -2.59. The Morgan fingerprint density at radius 1 is 1.12 bits per heavy atom. The van der Waals surface area contributed by atoms with Crippen LogP contribution in [0.2, 0.25) is 0 Å². The van der Waals surface area contributed by atoms with Gasteiger partial charge in [-0.1, -0.05) is 18.2 Å². The molecule has 0 aliphatic heterocycles. The van der Waals surface area contributed by atoms with Gasteiger partial charge in [-0.25, -0.2) is 4.79 Å². The number of hydrogen-bond donors (Lipinski definition) is 3. The van der Waals surface area contributed by atoms with Gasteiger partial charge < -0.3 is 10.4 Å². The monoisotopic (exact) mass is 337 g/mol. The SMILES string of the molecule is O=C(O)C(=O)Nc1cc(-c2cc3ccccc3s2)c2[nH]ncc2c1. The van der Waals surface area contributed by atoms with E-state index in [9.17, 15) is 9.59 Å². The minimum atomic E-state index is -1.52. The summed E-state index contributed by atoms with van der Waals surface area (Å²) >= 11 is 1.63. The lowest BCUT2D eigenvalue weighted by Crippen LogP contribution is -2.21. The molecule has 0 saturated heterocycles. The van der Waals surface area contributed by atoms with Gasteiger partial charge in [0.05, 0.1) is 11.7 Å². The maximum Gasteiger partial charge on any atom is 0.394 e. The number of aliphatic carboxylic acids is 1. The molecule has 0 atom stereocenters. The van der Waals surface area contributed by atoms with Crippen molar-refractivity contribution in [2.24, 2.45) is 0 Å². The number of carbonyl (C=O) groups excluding carboxylic acids is 1. The third-order valence-electron chi connectivity index (χ3n) is 3.69. The first-order valence-corrected chi connectivity index (χ1v) is 7.94. The van der Waals surface area contributed by atoms with Crippen LogP contribution < -0.4 is 5.32 Å². The summed E-state index contributed by atoms with van der Waals surface area (Å²) in [7, 11) is 0. The van der Waals surface area contributed by atoms with E-state index >= 15 is 0 Å². The number of carboxylic acids is 1. The maximum absolute atomic E-state index is 11.4. The van der Waals surface area contributed by atoms with Gasteiger partial charge in [-0.05, 0) is 29.7 Å². The number of thiophene rings is 1. The molecule has 2 aromatic carbocycles. The molecule has 0 radical (unpaired) electrons. The highest BCUT2D eigenvalue weighted by molar-refractivity contribution is 7.22. The molecule has 0 aliphatic carbocycles. The first-order chi connectivity index (χ1) is 11.6. The third-order valence-corrected chi connectivity index (χ3v) is 4.84. The Labute approximate surface area is 139 Å². The number of aromatic amines is 1. The molecule has 118 valence electrons. The van der Waals surface area contributed by atoms with Gasteiger partial charge in [0, 0.05) is 26.2 Å². The molecule has 0 fully saturated rings. The molecule has 0 spiro atoms. The Morgan fingerprint density at radius 3 is 2.75 bits per heavy atom. The molecule has 2 aromatic heterocycles. The number of amides is 1. The van der Waals surface area contributed by atoms with Crippen LogP contribution in [0.5, 0.6) is 0 Å². The van der Waals surface area contributed by atoms with Crippen molar-refractivity contribution in [3.8, 4) is 10.4 Å². The number of anilines is 1. The van der Waals surface area contributed by atoms with Crippen LogP contribution in [-0.2, 0) is 9.59 Å². The van der Waals surface area contributed by atoms with Crippen LogP contribution in [0, 0.1) is 0 Å². The van der Waals surface area contributed by atoms with E-state index in [4.69, 9.17) is 5.11 Å². The van der Waals surface area contributed by atoms with Gasteiger partial charge >= 0.3 is 11.9 Å². The number of rotatable bonds is 2. The normalized spacial score (nSPS) is 11.0. The van der Waals surface area contributed by atoms with Gasteiger partial charge in [-0.2, -0.15) is 5.10 Å². The average Bonchev–Trinajstić information content (AvgIpc) is 3.20. The fraction of sp³-hybridized carbons (Fsp3) is 0. The molecule has 4 aromatic rings. The van der Waals surface area contributed by atoms with Gasteiger partial charge in [0.1, 0.15) is 0 Å². The van der Waals surface area contributed by atoms with Crippen molar-refractivity contribution in [2.75, 3.05) is 5.32 Å². The van der Waals surface area contributed by atoms with Crippen molar-refractivity contribution >= 4 is 49.9 Å². The van der Waals surface area contributed by atoms with Crippen molar-refractivity contribution in [2.45, 2.75) is 0 Å². The molecule has 0 bridgehead atoms. The van der Waals surface area contributed by atoms with E-state index in [-0.39, 0.29) is 0 Å². The van der Waals surface area contributed by atoms with Gasteiger partial charge in [0.2, 0.25) is 0 Å². The Bertz CT molecular complexity index is 1060.